The molecule has 0 spiro atoms. The number of ether oxygens (including phenoxy) is 1. The van der Waals surface area contributed by atoms with Crippen molar-refractivity contribution in [1.29, 1.82) is 0 Å². The minimum absolute atomic E-state index is 0.00610. The van der Waals surface area contributed by atoms with Gasteiger partial charge in [-0.3, -0.25) is 14.8 Å². The van der Waals surface area contributed by atoms with E-state index in [9.17, 15) is 18.7 Å². The van der Waals surface area contributed by atoms with Crippen LogP contribution in [0.1, 0.15) is 34.6 Å². The van der Waals surface area contributed by atoms with E-state index in [1.807, 2.05) is 0 Å². The first-order chi connectivity index (χ1) is 14.4. The molecular formula is C19H16F2N6O3. The summed E-state index contributed by atoms with van der Waals surface area (Å²) in [5, 5.41) is 13.4. The smallest absolute Gasteiger partial charge is 0.388 e. The van der Waals surface area contributed by atoms with Crippen molar-refractivity contribution >= 4 is 12.1 Å². The Labute approximate surface area is 169 Å². The second-order valence-electron chi connectivity index (χ2n) is 5.98. The number of hydrazone groups is 1. The summed E-state index contributed by atoms with van der Waals surface area (Å²) in [6, 6.07) is 4.41. The van der Waals surface area contributed by atoms with Gasteiger partial charge in [0.05, 0.1) is 30.4 Å². The lowest BCUT2D eigenvalue weighted by molar-refractivity contribution is -0.0528. The number of nitrogens with one attached hydrogen (secondary N) is 1. The zero-order valence-electron chi connectivity index (χ0n) is 15.6. The molecule has 0 aliphatic rings. The molecule has 0 aromatic carbocycles. The lowest BCUT2D eigenvalue weighted by Gasteiger charge is -2.05. The Morgan fingerprint density at radius 2 is 2.00 bits per heavy atom. The molecular weight excluding hydrogens is 398 g/mol. The molecule has 3 heterocycles. The molecule has 1 unspecified atom stereocenters. The number of carbonyl (C=O) groups excluding carboxylic acids is 1. The molecule has 154 valence electrons. The van der Waals surface area contributed by atoms with Crippen molar-refractivity contribution in [2.75, 3.05) is 0 Å². The fraction of sp³-hybridized carbons (Fsp3) is 0.158. The predicted octanol–water partition coefficient (Wildman–Crippen LogP) is 2.35. The van der Waals surface area contributed by atoms with E-state index in [-0.39, 0.29) is 11.6 Å². The molecule has 3 rings (SSSR count). The van der Waals surface area contributed by atoms with Crippen LogP contribution in [0.3, 0.4) is 0 Å². The lowest BCUT2D eigenvalue weighted by atomic mass is 10.1. The first-order valence-electron chi connectivity index (χ1n) is 8.62. The first-order valence-corrected chi connectivity index (χ1v) is 8.62. The molecule has 1 atom stereocenters. The topological polar surface area (TPSA) is 122 Å². The van der Waals surface area contributed by atoms with Gasteiger partial charge in [-0.1, -0.05) is 0 Å². The van der Waals surface area contributed by atoms with Gasteiger partial charge in [0, 0.05) is 35.8 Å². The molecule has 30 heavy (non-hydrogen) atoms. The summed E-state index contributed by atoms with van der Waals surface area (Å²) >= 11 is 0. The standard InChI is InChI=1S/C19H16F2N6O3/c1-11(28)14-4-12(5-22-7-14)6-25-27-18(29)16-10-23-9-15(26-16)13-2-3-17(24-8-13)30-19(20)21/h2-11,19,28H,1H3,(H,27,29)/b25-6+. The number of hydrogen-bond donors (Lipinski definition) is 2. The van der Waals surface area contributed by atoms with Gasteiger partial charge >= 0.3 is 6.61 Å². The largest absolute Gasteiger partial charge is 0.417 e. The highest BCUT2D eigenvalue weighted by atomic mass is 19.3. The third-order valence-corrected chi connectivity index (χ3v) is 3.75. The second kappa shape index (κ2) is 9.56. The molecule has 1 amide bonds. The Morgan fingerprint density at radius 3 is 2.70 bits per heavy atom. The molecule has 11 heteroatoms. The number of nitrogens with zero attached hydrogens (tertiary/aromatic N) is 5. The van der Waals surface area contributed by atoms with Crippen LogP contribution in [0.15, 0.2) is 54.3 Å². The fourth-order valence-electron chi connectivity index (χ4n) is 2.31. The number of alkyl halides is 2. The van der Waals surface area contributed by atoms with Crippen LogP contribution >= 0.6 is 0 Å². The Bertz CT molecular complexity index is 1040. The average molecular weight is 414 g/mol. The van der Waals surface area contributed by atoms with Crippen LogP contribution in [0.2, 0.25) is 0 Å². The van der Waals surface area contributed by atoms with E-state index in [0.29, 0.717) is 22.4 Å². The molecule has 0 saturated heterocycles. The first kappa shape index (κ1) is 20.9. The number of rotatable bonds is 7. The van der Waals surface area contributed by atoms with Crippen LogP contribution in [0.25, 0.3) is 11.3 Å². The average Bonchev–Trinajstić information content (AvgIpc) is 2.74. The van der Waals surface area contributed by atoms with Crippen LogP contribution < -0.4 is 10.2 Å². The van der Waals surface area contributed by atoms with Gasteiger partial charge < -0.3 is 9.84 Å². The third kappa shape index (κ3) is 5.58. The van der Waals surface area contributed by atoms with E-state index in [0.717, 1.165) is 0 Å². The monoisotopic (exact) mass is 414 g/mol. The zero-order chi connectivity index (χ0) is 21.5. The minimum atomic E-state index is -2.97. The van der Waals surface area contributed by atoms with E-state index in [1.54, 1.807) is 13.0 Å². The molecule has 2 N–H and O–H groups in total. The summed E-state index contributed by atoms with van der Waals surface area (Å²) in [5.74, 6) is -0.843. The summed E-state index contributed by atoms with van der Waals surface area (Å²) in [6.45, 7) is -1.36. The lowest BCUT2D eigenvalue weighted by Crippen LogP contribution is -2.19. The Hall–Kier alpha value is -3.86. The van der Waals surface area contributed by atoms with Crippen molar-refractivity contribution < 1.29 is 23.4 Å². The molecule has 3 aromatic heterocycles. The summed E-state index contributed by atoms with van der Waals surface area (Å²) in [7, 11) is 0. The number of pyridine rings is 2. The van der Waals surface area contributed by atoms with E-state index in [1.165, 1.54) is 49.3 Å². The van der Waals surface area contributed by atoms with Gasteiger partial charge in [0.25, 0.3) is 5.91 Å². The van der Waals surface area contributed by atoms with Gasteiger partial charge in [0.15, 0.2) is 0 Å². The summed E-state index contributed by atoms with van der Waals surface area (Å²) < 4.78 is 28.6. The SMILES string of the molecule is CC(O)c1cncc(/C=N/NC(=O)c2cncc(-c3ccc(OC(F)F)nc3)n2)c1. The van der Waals surface area contributed by atoms with Gasteiger partial charge in [-0.05, 0) is 24.6 Å². The molecule has 0 radical (unpaired) electrons. The molecule has 3 aromatic rings. The molecule has 0 fully saturated rings. The Morgan fingerprint density at radius 1 is 1.20 bits per heavy atom. The van der Waals surface area contributed by atoms with E-state index in [2.05, 4.69) is 35.2 Å². The maximum absolute atomic E-state index is 12.3. The summed E-state index contributed by atoms with van der Waals surface area (Å²) in [6.07, 6.45) is 7.69. The van der Waals surface area contributed by atoms with E-state index < -0.39 is 18.6 Å². The molecule has 0 saturated carbocycles. The number of aromatic nitrogens is 4. The van der Waals surface area contributed by atoms with Crippen molar-refractivity contribution in [2.45, 2.75) is 19.6 Å². The van der Waals surface area contributed by atoms with E-state index >= 15 is 0 Å². The quantitative estimate of drug-likeness (QED) is 0.449. The van der Waals surface area contributed by atoms with Crippen LogP contribution in [0, 0.1) is 0 Å². The number of carbonyl (C=O) groups is 1. The summed E-state index contributed by atoms with van der Waals surface area (Å²) in [4.78, 5) is 28.1. The molecule has 0 aliphatic heterocycles. The van der Waals surface area contributed by atoms with Crippen LogP contribution in [0.4, 0.5) is 8.78 Å². The van der Waals surface area contributed by atoms with Crippen molar-refractivity contribution in [1.82, 2.24) is 25.4 Å². The van der Waals surface area contributed by atoms with Gasteiger partial charge in [0.2, 0.25) is 5.88 Å². The third-order valence-electron chi connectivity index (χ3n) is 3.75. The zero-order valence-corrected chi connectivity index (χ0v) is 15.6. The highest BCUT2D eigenvalue weighted by Crippen LogP contribution is 2.19. The summed E-state index contributed by atoms with van der Waals surface area (Å²) in [5.41, 5.74) is 4.30. The van der Waals surface area contributed by atoms with Crippen molar-refractivity contribution in [3.8, 4) is 17.1 Å². The van der Waals surface area contributed by atoms with Gasteiger partial charge in [0.1, 0.15) is 5.69 Å². The fourth-order valence-corrected chi connectivity index (χ4v) is 2.31. The van der Waals surface area contributed by atoms with Gasteiger partial charge in [-0.15, -0.1) is 0 Å². The maximum Gasteiger partial charge on any atom is 0.388 e. The number of halogens is 2. The number of hydrogen-bond acceptors (Lipinski definition) is 8. The van der Waals surface area contributed by atoms with Crippen LogP contribution in [-0.2, 0) is 0 Å². The van der Waals surface area contributed by atoms with Crippen LogP contribution in [-0.4, -0.2) is 43.8 Å². The second-order valence-corrected chi connectivity index (χ2v) is 5.98. The van der Waals surface area contributed by atoms with Crippen molar-refractivity contribution in [2.24, 2.45) is 5.10 Å². The molecule has 0 bridgehead atoms. The highest BCUT2D eigenvalue weighted by molar-refractivity contribution is 5.93. The Balaban J connectivity index is 1.68. The minimum Gasteiger partial charge on any atom is -0.417 e. The van der Waals surface area contributed by atoms with Crippen molar-refractivity contribution in [3.63, 3.8) is 0 Å². The Kier molecular flexibility index (Phi) is 6.65. The normalized spacial score (nSPS) is 12.2. The number of aliphatic hydroxyl groups is 1. The predicted molar refractivity (Wildman–Crippen MR) is 102 cm³/mol. The van der Waals surface area contributed by atoms with Gasteiger partial charge in [-0.25, -0.2) is 15.4 Å². The van der Waals surface area contributed by atoms with Crippen LogP contribution in [0.5, 0.6) is 5.88 Å². The molecule has 0 aliphatic carbocycles. The van der Waals surface area contributed by atoms with Crippen molar-refractivity contribution in [3.05, 3.63) is 66.0 Å². The number of aliphatic hydroxyl groups excluding tert-OH is 1. The number of amides is 1. The van der Waals surface area contributed by atoms with E-state index in [4.69, 9.17) is 0 Å². The molecule has 9 nitrogen and oxygen atoms in total. The highest BCUT2D eigenvalue weighted by Gasteiger charge is 2.11. The van der Waals surface area contributed by atoms with Gasteiger partial charge in [-0.2, -0.15) is 13.9 Å². The maximum atomic E-state index is 12.3.